The van der Waals surface area contributed by atoms with Crippen LogP contribution in [0.5, 0.6) is 5.75 Å². The Morgan fingerprint density at radius 2 is 2.12 bits per heavy atom. The van der Waals surface area contributed by atoms with E-state index in [1.807, 2.05) is 6.07 Å². The molecular formula is C14H20O3. The summed E-state index contributed by atoms with van der Waals surface area (Å²) in [5.74, 6) is 0.642. The minimum Gasteiger partial charge on any atom is -0.508 e. The molecule has 0 aromatic heterocycles. The number of ether oxygens (including phenoxy) is 1. The number of carbonyl (C=O) groups is 1. The van der Waals surface area contributed by atoms with Gasteiger partial charge in [0.15, 0.2) is 0 Å². The van der Waals surface area contributed by atoms with Crippen molar-refractivity contribution >= 4 is 5.97 Å². The monoisotopic (exact) mass is 236 g/mol. The molecule has 3 heteroatoms. The normalized spacial score (nSPS) is 10.6. The molecule has 0 radical (unpaired) electrons. The number of carbonyl (C=O) groups excluding carboxylic acids is 1. The molecule has 0 amide bonds. The molecule has 0 atom stereocenters. The van der Waals surface area contributed by atoms with Gasteiger partial charge in [-0.25, -0.2) is 0 Å². The molecule has 0 fully saturated rings. The average molecular weight is 236 g/mol. The fourth-order valence-corrected chi connectivity index (χ4v) is 1.63. The van der Waals surface area contributed by atoms with Crippen LogP contribution in [0, 0.1) is 5.92 Å². The fraction of sp³-hybridized carbons (Fsp3) is 0.500. The van der Waals surface area contributed by atoms with Gasteiger partial charge < -0.3 is 9.84 Å². The van der Waals surface area contributed by atoms with E-state index in [0.29, 0.717) is 11.7 Å². The molecule has 1 rings (SSSR count). The minimum absolute atomic E-state index is 0.255. The summed E-state index contributed by atoms with van der Waals surface area (Å²) in [5, 5.41) is 9.72. The molecule has 0 aliphatic carbocycles. The van der Waals surface area contributed by atoms with Crippen LogP contribution in [-0.2, 0) is 22.4 Å². The topological polar surface area (TPSA) is 46.5 Å². The Morgan fingerprint density at radius 1 is 1.41 bits per heavy atom. The molecule has 0 heterocycles. The highest BCUT2D eigenvalue weighted by Crippen LogP contribution is 2.22. The van der Waals surface area contributed by atoms with Crippen molar-refractivity contribution in [2.24, 2.45) is 5.92 Å². The highest BCUT2D eigenvalue weighted by atomic mass is 16.5. The van der Waals surface area contributed by atoms with Gasteiger partial charge in [-0.2, -0.15) is 0 Å². The van der Waals surface area contributed by atoms with Crippen LogP contribution in [0.3, 0.4) is 0 Å². The number of hydrogen-bond donors (Lipinski definition) is 1. The van der Waals surface area contributed by atoms with Crippen LogP contribution in [0.1, 0.15) is 31.4 Å². The summed E-state index contributed by atoms with van der Waals surface area (Å²) < 4.78 is 4.62. The highest BCUT2D eigenvalue weighted by molar-refractivity contribution is 5.72. The molecule has 3 nitrogen and oxygen atoms in total. The Morgan fingerprint density at radius 3 is 2.71 bits per heavy atom. The predicted octanol–water partition coefficient (Wildman–Crippen LogP) is 2.70. The summed E-state index contributed by atoms with van der Waals surface area (Å²) in [5.41, 5.74) is 1.79. The molecule has 0 aliphatic rings. The van der Waals surface area contributed by atoms with Gasteiger partial charge in [0, 0.05) is 0 Å². The van der Waals surface area contributed by atoms with Crippen LogP contribution in [0.4, 0.5) is 0 Å². The second kappa shape index (κ2) is 6.28. The number of phenolic OH excluding ortho intramolecular Hbond substituents is 1. The zero-order valence-electron chi connectivity index (χ0n) is 10.7. The third kappa shape index (κ3) is 4.47. The van der Waals surface area contributed by atoms with Crippen LogP contribution in [0.25, 0.3) is 0 Å². The number of rotatable bonds is 5. The molecule has 0 aliphatic heterocycles. The van der Waals surface area contributed by atoms with Gasteiger partial charge in [0.25, 0.3) is 0 Å². The smallest absolute Gasteiger partial charge is 0.309 e. The van der Waals surface area contributed by atoms with Crippen molar-refractivity contribution in [2.45, 2.75) is 33.1 Å². The Labute approximate surface area is 102 Å². The Bertz CT molecular complexity index is 383. The number of hydrogen-bond acceptors (Lipinski definition) is 3. The maximum absolute atomic E-state index is 11.2. The van der Waals surface area contributed by atoms with E-state index in [1.54, 1.807) is 12.1 Å². The number of esters is 1. The van der Waals surface area contributed by atoms with E-state index in [9.17, 15) is 9.90 Å². The number of methoxy groups -OCH3 is 1. The summed E-state index contributed by atoms with van der Waals surface area (Å²) in [6.45, 7) is 4.30. The fourth-order valence-electron chi connectivity index (χ4n) is 1.63. The molecule has 17 heavy (non-hydrogen) atoms. The van der Waals surface area contributed by atoms with E-state index in [4.69, 9.17) is 0 Å². The molecule has 0 saturated carbocycles. The molecule has 1 aromatic rings. The van der Waals surface area contributed by atoms with Crippen LogP contribution in [-0.4, -0.2) is 18.2 Å². The molecule has 94 valence electrons. The highest BCUT2D eigenvalue weighted by Gasteiger charge is 2.07. The van der Waals surface area contributed by atoms with Crippen LogP contribution >= 0.6 is 0 Å². The number of benzene rings is 1. The van der Waals surface area contributed by atoms with Gasteiger partial charge in [-0.15, -0.1) is 0 Å². The lowest BCUT2D eigenvalue weighted by molar-refractivity contribution is -0.139. The number of phenols is 1. The van der Waals surface area contributed by atoms with E-state index in [2.05, 4.69) is 18.6 Å². The van der Waals surface area contributed by atoms with E-state index in [-0.39, 0.29) is 12.4 Å². The lowest BCUT2D eigenvalue weighted by atomic mass is 9.99. The molecular weight excluding hydrogens is 216 g/mol. The summed E-state index contributed by atoms with van der Waals surface area (Å²) >= 11 is 0. The Balaban J connectivity index is 2.75. The lowest BCUT2D eigenvalue weighted by Crippen LogP contribution is -2.05. The van der Waals surface area contributed by atoms with Crippen LogP contribution < -0.4 is 0 Å². The Hall–Kier alpha value is -1.51. The predicted molar refractivity (Wildman–Crippen MR) is 67.0 cm³/mol. The molecule has 0 spiro atoms. The van der Waals surface area contributed by atoms with Crippen molar-refractivity contribution in [1.82, 2.24) is 0 Å². The third-order valence-corrected chi connectivity index (χ3v) is 2.71. The SMILES string of the molecule is COC(=O)Cc1ccc(O)c(CCC(C)C)c1. The second-order valence-corrected chi connectivity index (χ2v) is 4.65. The van der Waals surface area contributed by atoms with Crippen molar-refractivity contribution in [3.63, 3.8) is 0 Å². The quantitative estimate of drug-likeness (QED) is 0.799. The first kappa shape index (κ1) is 13.6. The van der Waals surface area contributed by atoms with Crippen LogP contribution in [0.15, 0.2) is 18.2 Å². The first-order valence-corrected chi connectivity index (χ1v) is 5.90. The third-order valence-electron chi connectivity index (χ3n) is 2.71. The van der Waals surface area contributed by atoms with Gasteiger partial charge >= 0.3 is 5.97 Å². The van der Waals surface area contributed by atoms with Crippen molar-refractivity contribution in [3.8, 4) is 5.75 Å². The molecule has 0 bridgehead atoms. The molecule has 1 N–H and O–H groups in total. The zero-order chi connectivity index (χ0) is 12.8. The first-order chi connectivity index (χ1) is 8.02. The Kier molecular flexibility index (Phi) is 5.01. The lowest BCUT2D eigenvalue weighted by Gasteiger charge is -2.09. The van der Waals surface area contributed by atoms with Gasteiger partial charge in [-0.05, 0) is 36.0 Å². The largest absolute Gasteiger partial charge is 0.508 e. The zero-order valence-corrected chi connectivity index (χ0v) is 10.7. The summed E-state index contributed by atoms with van der Waals surface area (Å²) in [4.78, 5) is 11.2. The van der Waals surface area contributed by atoms with Gasteiger partial charge in [0.2, 0.25) is 0 Å². The van der Waals surface area contributed by atoms with E-state index < -0.39 is 0 Å². The van der Waals surface area contributed by atoms with Crippen molar-refractivity contribution < 1.29 is 14.6 Å². The summed E-state index contributed by atoms with van der Waals surface area (Å²) in [6.07, 6.45) is 2.11. The van der Waals surface area contributed by atoms with Crippen LogP contribution in [0.2, 0.25) is 0 Å². The summed E-state index contributed by atoms with van der Waals surface area (Å²) in [6, 6.07) is 5.29. The number of aromatic hydroxyl groups is 1. The van der Waals surface area contributed by atoms with Crippen molar-refractivity contribution in [2.75, 3.05) is 7.11 Å². The maximum atomic E-state index is 11.2. The van der Waals surface area contributed by atoms with Crippen molar-refractivity contribution in [1.29, 1.82) is 0 Å². The average Bonchev–Trinajstić information content (AvgIpc) is 2.29. The van der Waals surface area contributed by atoms with Crippen molar-refractivity contribution in [3.05, 3.63) is 29.3 Å². The first-order valence-electron chi connectivity index (χ1n) is 5.90. The summed E-state index contributed by atoms with van der Waals surface area (Å²) in [7, 11) is 1.38. The van der Waals surface area contributed by atoms with E-state index in [0.717, 1.165) is 24.0 Å². The van der Waals surface area contributed by atoms with E-state index >= 15 is 0 Å². The molecule has 0 unspecified atom stereocenters. The number of aryl methyl sites for hydroxylation is 1. The van der Waals surface area contributed by atoms with Gasteiger partial charge in [-0.3, -0.25) is 4.79 Å². The molecule has 0 saturated heterocycles. The second-order valence-electron chi connectivity index (χ2n) is 4.65. The van der Waals surface area contributed by atoms with Gasteiger partial charge in [0.05, 0.1) is 13.5 Å². The maximum Gasteiger partial charge on any atom is 0.309 e. The van der Waals surface area contributed by atoms with Gasteiger partial charge in [-0.1, -0.05) is 26.0 Å². The molecule has 1 aromatic carbocycles. The minimum atomic E-state index is -0.259. The van der Waals surface area contributed by atoms with E-state index in [1.165, 1.54) is 7.11 Å². The van der Waals surface area contributed by atoms with Gasteiger partial charge in [0.1, 0.15) is 5.75 Å². The standard InChI is InChI=1S/C14H20O3/c1-10(2)4-6-12-8-11(5-7-13(12)15)9-14(16)17-3/h5,7-8,10,15H,4,6,9H2,1-3H3.